The van der Waals surface area contributed by atoms with E-state index in [9.17, 15) is 5.11 Å². The normalized spacial score (nSPS) is 18.1. The fourth-order valence-corrected chi connectivity index (χ4v) is 3.44. The van der Waals surface area contributed by atoms with E-state index < -0.39 is 5.60 Å². The fourth-order valence-electron chi connectivity index (χ4n) is 2.60. The van der Waals surface area contributed by atoms with Gasteiger partial charge in [-0.1, -0.05) is 0 Å². The van der Waals surface area contributed by atoms with Crippen LogP contribution in [0.3, 0.4) is 0 Å². The van der Waals surface area contributed by atoms with Crippen molar-refractivity contribution in [2.24, 2.45) is 4.99 Å². The van der Waals surface area contributed by atoms with E-state index in [1.165, 1.54) is 0 Å². The molecule has 0 aliphatic carbocycles. The van der Waals surface area contributed by atoms with Crippen molar-refractivity contribution >= 4 is 41.3 Å². The predicted molar refractivity (Wildman–Crippen MR) is 115 cm³/mol. The number of aromatic nitrogens is 1. The van der Waals surface area contributed by atoms with Crippen LogP contribution in [0.2, 0.25) is 0 Å². The second-order valence-electron chi connectivity index (χ2n) is 6.42. The van der Waals surface area contributed by atoms with Crippen LogP contribution in [0.25, 0.3) is 0 Å². The van der Waals surface area contributed by atoms with Gasteiger partial charge < -0.3 is 24.8 Å². The molecule has 1 unspecified atom stereocenters. The summed E-state index contributed by atoms with van der Waals surface area (Å²) in [6.45, 7) is 7.02. The largest absolute Gasteiger partial charge is 0.388 e. The van der Waals surface area contributed by atoms with Gasteiger partial charge in [0, 0.05) is 52.1 Å². The molecular formula is C17H31IN4O3S. The van der Waals surface area contributed by atoms with Crippen LogP contribution in [-0.2, 0) is 16.0 Å². The molecule has 0 radical (unpaired) electrons. The zero-order valence-corrected chi connectivity index (χ0v) is 19.2. The van der Waals surface area contributed by atoms with Crippen molar-refractivity contribution in [3.8, 4) is 0 Å². The molecule has 26 heavy (non-hydrogen) atoms. The van der Waals surface area contributed by atoms with Gasteiger partial charge in [-0.05, 0) is 13.8 Å². The Kier molecular flexibility index (Phi) is 10.3. The summed E-state index contributed by atoms with van der Waals surface area (Å²) >= 11 is 1.61. The number of nitrogens with one attached hydrogen (secondary N) is 1. The molecule has 0 aromatic carbocycles. The van der Waals surface area contributed by atoms with Gasteiger partial charge in [0.05, 0.1) is 24.4 Å². The highest BCUT2D eigenvalue weighted by Crippen LogP contribution is 2.22. The van der Waals surface area contributed by atoms with Crippen LogP contribution in [-0.4, -0.2) is 67.0 Å². The number of halogens is 1. The van der Waals surface area contributed by atoms with Gasteiger partial charge in [-0.15, -0.1) is 35.3 Å². The Morgan fingerprint density at radius 2 is 2.23 bits per heavy atom. The Labute approximate surface area is 177 Å². The third-order valence-electron chi connectivity index (χ3n) is 4.31. The topological polar surface area (TPSA) is 79.2 Å². The molecule has 1 aromatic rings. The van der Waals surface area contributed by atoms with Crippen molar-refractivity contribution in [3.05, 3.63) is 16.1 Å². The number of hydrogen-bond donors (Lipinski definition) is 2. The van der Waals surface area contributed by atoms with Crippen molar-refractivity contribution in [1.29, 1.82) is 0 Å². The number of ether oxygens (including phenoxy) is 2. The first-order valence-electron chi connectivity index (χ1n) is 8.74. The lowest BCUT2D eigenvalue weighted by Gasteiger charge is -2.31. The number of rotatable bonds is 7. The van der Waals surface area contributed by atoms with Crippen LogP contribution in [0.5, 0.6) is 0 Å². The zero-order chi connectivity index (χ0) is 18.3. The number of aliphatic hydroxyl groups is 1. The van der Waals surface area contributed by atoms with Crippen molar-refractivity contribution in [1.82, 2.24) is 15.2 Å². The van der Waals surface area contributed by atoms with Crippen molar-refractivity contribution in [2.45, 2.75) is 44.9 Å². The highest BCUT2D eigenvalue weighted by atomic mass is 127. The molecule has 0 saturated carbocycles. The van der Waals surface area contributed by atoms with Gasteiger partial charge in [0.25, 0.3) is 0 Å². The standard InChI is InChI=1S/C17H30N4O3S.HI/c1-5-18-16(19-12-17(22)6-8-24-9-7-17)21(3)10-14-11-25-15(20-14)13(2)23-4;/h11,13,22H,5-10,12H2,1-4H3,(H,18,19);1H. The monoisotopic (exact) mass is 498 g/mol. The third-order valence-corrected chi connectivity index (χ3v) is 5.37. The van der Waals surface area contributed by atoms with Gasteiger partial charge in [0.2, 0.25) is 0 Å². The summed E-state index contributed by atoms with van der Waals surface area (Å²) in [5.41, 5.74) is 0.225. The van der Waals surface area contributed by atoms with E-state index in [1.807, 2.05) is 25.8 Å². The Morgan fingerprint density at radius 1 is 1.54 bits per heavy atom. The number of methoxy groups -OCH3 is 1. The maximum Gasteiger partial charge on any atom is 0.194 e. The number of thiazole rings is 1. The van der Waals surface area contributed by atoms with Gasteiger partial charge in [-0.3, -0.25) is 4.99 Å². The second kappa shape index (κ2) is 11.4. The Hall–Kier alpha value is -0.490. The first-order chi connectivity index (χ1) is 12.0. The number of nitrogens with zero attached hydrogens (tertiary/aromatic N) is 3. The second-order valence-corrected chi connectivity index (χ2v) is 7.31. The van der Waals surface area contributed by atoms with Crippen molar-refractivity contribution in [3.63, 3.8) is 0 Å². The summed E-state index contributed by atoms with van der Waals surface area (Å²) in [5, 5.41) is 16.9. The molecule has 0 bridgehead atoms. The van der Waals surface area contributed by atoms with Gasteiger partial charge >= 0.3 is 0 Å². The van der Waals surface area contributed by atoms with Gasteiger partial charge in [-0.25, -0.2) is 4.98 Å². The summed E-state index contributed by atoms with van der Waals surface area (Å²) in [6, 6.07) is 0. The van der Waals surface area contributed by atoms with Crippen molar-refractivity contribution in [2.75, 3.05) is 40.5 Å². The maximum absolute atomic E-state index is 10.6. The summed E-state index contributed by atoms with van der Waals surface area (Å²) in [5.74, 6) is 0.775. The molecule has 9 heteroatoms. The summed E-state index contributed by atoms with van der Waals surface area (Å²) in [7, 11) is 3.67. The number of aliphatic imine (C=N–C) groups is 1. The van der Waals surface area contributed by atoms with Crippen LogP contribution >= 0.6 is 35.3 Å². The van der Waals surface area contributed by atoms with Crippen molar-refractivity contribution < 1.29 is 14.6 Å². The van der Waals surface area contributed by atoms with E-state index in [2.05, 4.69) is 20.7 Å². The molecule has 150 valence electrons. The highest BCUT2D eigenvalue weighted by Gasteiger charge is 2.29. The fraction of sp³-hybridized carbons (Fsp3) is 0.765. The quantitative estimate of drug-likeness (QED) is 0.342. The summed E-state index contributed by atoms with van der Waals surface area (Å²) in [4.78, 5) is 11.3. The molecule has 7 nitrogen and oxygen atoms in total. The van der Waals surface area contributed by atoms with Crippen LogP contribution in [0.4, 0.5) is 0 Å². The van der Waals surface area contributed by atoms with E-state index in [-0.39, 0.29) is 30.1 Å². The highest BCUT2D eigenvalue weighted by molar-refractivity contribution is 14.0. The Bertz CT molecular complexity index is 564. The smallest absolute Gasteiger partial charge is 0.194 e. The lowest BCUT2D eigenvalue weighted by Crippen LogP contribution is -2.43. The molecule has 1 aliphatic rings. The SMILES string of the molecule is CCNC(=NCC1(O)CCOCC1)N(C)Cc1csc(C(C)OC)n1.I. The lowest BCUT2D eigenvalue weighted by molar-refractivity contribution is -0.0566. The van der Waals surface area contributed by atoms with Crippen LogP contribution in [0.1, 0.15) is 43.5 Å². The van der Waals surface area contributed by atoms with E-state index in [4.69, 9.17) is 9.47 Å². The van der Waals surface area contributed by atoms with Gasteiger partial charge in [0.15, 0.2) is 5.96 Å². The van der Waals surface area contributed by atoms with E-state index in [0.29, 0.717) is 39.1 Å². The minimum Gasteiger partial charge on any atom is -0.388 e. The lowest BCUT2D eigenvalue weighted by atomic mass is 9.95. The Balaban J connectivity index is 0.00000338. The van der Waals surface area contributed by atoms with Crippen LogP contribution in [0.15, 0.2) is 10.4 Å². The Morgan fingerprint density at radius 3 is 2.85 bits per heavy atom. The molecule has 1 atom stereocenters. The maximum atomic E-state index is 10.6. The van der Waals surface area contributed by atoms with Gasteiger partial charge in [-0.2, -0.15) is 0 Å². The first kappa shape index (κ1) is 23.5. The molecule has 1 aliphatic heterocycles. The third kappa shape index (κ3) is 6.91. The first-order valence-corrected chi connectivity index (χ1v) is 9.62. The van der Waals surface area contributed by atoms with E-state index in [0.717, 1.165) is 23.2 Å². The molecule has 1 aromatic heterocycles. The van der Waals surface area contributed by atoms with Gasteiger partial charge in [0.1, 0.15) is 11.1 Å². The molecule has 2 N–H and O–H groups in total. The molecule has 0 spiro atoms. The molecule has 1 fully saturated rings. The molecule has 1 saturated heterocycles. The molecule has 2 heterocycles. The number of guanidine groups is 1. The minimum absolute atomic E-state index is 0. The number of hydrogen-bond acceptors (Lipinski definition) is 6. The van der Waals surface area contributed by atoms with E-state index >= 15 is 0 Å². The van der Waals surface area contributed by atoms with Crippen LogP contribution < -0.4 is 5.32 Å². The predicted octanol–water partition coefficient (Wildman–Crippen LogP) is 2.41. The minimum atomic E-state index is -0.762. The average Bonchev–Trinajstić information content (AvgIpc) is 3.07. The summed E-state index contributed by atoms with van der Waals surface area (Å²) in [6.07, 6.45) is 1.27. The molecular weight excluding hydrogens is 467 g/mol. The zero-order valence-electron chi connectivity index (χ0n) is 16.0. The molecule has 2 rings (SSSR count). The average molecular weight is 498 g/mol. The van der Waals surface area contributed by atoms with Crippen LogP contribution in [0, 0.1) is 0 Å². The summed E-state index contributed by atoms with van der Waals surface area (Å²) < 4.78 is 10.6. The van der Waals surface area contributed by atoms with E-state index in [1.54, 1.807) is 18.4 Å². The molecule has 0 amide bonds.